The van der Waals surface area contributed by atoms with E-state index in [9.17, 15) is 18.0 Å². The number of benzene rings is 1. The molecular weight excluding hydrogens is 362 g/mol. The Morgan fingerprint density at radius 3 is 2.50 bits per heavy atom. The number of rotatable bonds is 7. The van der Waals surface area contributed by atoms with Crippen LogP contribution in [0.25, 0.3) is 0 Å². The highest BCUT2D eigenvalue weighted by Crippen LogP contribution is 2.18. The Morgan fingerprint density at radius 1 is 1.23 bits per heavy atom. The molecule has 1 aromatic heterocycles. The molecule has 10 heteroatoms. The summed E-state index contributed by atoms with van der Waals surface area (Å²) in [5.41, 5.74) is 0.361. The van der Waals surface area contributed by atoms with Gasteiger partial charge in [0.15, 0.2) is 5.82 Å². The van der Waals surface area contributed by atoms with Gasteiger partial charge in [0, 0.05) is 23.9 Å². The third-order valence-electron chi connectivity index (χ3n) is 2.96. The molecule has 0 aliphatic rings. The number of carbonyl (C=O) groups excluding carboxylic acids is 2. The third-order valence-corrected chi connectivity index (χ3v) is 4.33. The monoisotopic (exact) mass is 379 g/mol. The summed E-state index contributed by atoms with van der Waals surface area (Å²) in [5.74, 6) is -0.635. The van der Waals surface area contributed by atoms with E-state index in [1.54, 1.807) is 13.8 Å². The summed E-state index contributed by atoms with van der Waals surface area (Å²) in [6.45, 7) is 3.50. The highest BCUT2D eigenvalue weighted by Gasteiger charge is 2.16. The number of sulfonamides is 1. The van der Waals surface area contributed by atoms with Crippen LogP contribution < -0.4 is 10.0 Å². The van der Waals surface area contributed by atoms with Gasteiger partial charge in [-0.25, -0.2) is 13.2 Å². The predicted octanol–water partition coefficient (Wildman–Crippen LogP) is 1.84. The van der Waals surface area contributed by atoms with Gasteiger partial charge >= 0.3 is 5.97 Å². The Balaban J connectivity index is 2.01. The summed E-state index contributed by atoms with van der Waals surface area (Å²) in [6, 6.07) is 6.92. The summed E-state index contributed by atoms with van der Waals surface area (Å²) in [4.78, 5) is 22.8. The van der Waals surface area contributed by atoms with Gasteiger partial charge in [-0.1, -0.05) is 5.16 Å². The Bertz CT molecular complexity index is 916. The van der Waals surface area contributed by atoms with Crippen LogP contribution in [0.15, 0.2) is 51.9 Å². The van der Waals surface area contributed by atoms with Gasteiger partial charge in [-0.15, -0.1) is 0 Å². The van der Waals surface area contributed by atoms with Crippen LogP contribution in [-0.4, -0.2) is 32.1 Å². The maximum absolute atomic E-state index is 12.2. The molecule has 1 heterocycles. The normalized spacial score (nSPS) is 11.3. The summed E-state index contributed by atoms with van der Waals surface area (Å²) in [6.07, 6.45) is 2.03. The van der Waals surface area contributed by atoms with Gasteiger partial charge in [0.1, 0.15) is 5.76 Å². The SMILES string of the molecule is CCOC(=O)C=CC(=O)Nc1ccc(S(=O)(=O)Nc2cc(C)on2)cc1. The van der Waals surface area contributed by atoms with Gasteiger partial charge in [0.05, 0.1) is 11.5 Å². The molecule has 0 radical (unpaired) electrons. The molecule has 2 rings (SSSR count). The predicted molar refractivity (Wildman–Crippen MR) is 92.9 cm³/mol. The second-order valence-corrected chi connectivity index (χ2v) is 6.71. The molecule has 0 spiro atoms. The number of amides is 1. The lowest BCUT2D eigenvalue weighted by molar-refractivity contribution is -0.137. The van der Waals surface area contributed by atoms with E-state index in [-0.39, 0.29) is 17.3 Å². The minimum Gasteiger partial charge on any atom is -0.463 e. The van der Waals surface area contributed by atoms with Crippen LogP contribution >= 0.6 is 0 Å². The highest BCUT2D eigenvalue weighted by atomic mass is 32.2. The lowest BCUT2D eigenvalue weighted by Crippen LogP contribution is -2.13. The van der Waals surface area contributed by atoms with E-state index in [1.165, 1.54) is 30.3 Å². The standard InChI is InChI=1S/C16H17N3O6S/c1-3-24-16(21)9-8-15(20)17-12-4-6-13(7-5-12)26(22,23)19-14-10-11(2)25-18-14/h4-10H,3H2,1-2H3,(H,17,20)(H,18,19). The molecule has 0 saturated heterocycles. The second kappa shape index (κ2) is 8.30. The Labute approximate surface area is 150 Å². The number of nitrogens with one attached hydrogen (secondary N) is 2. The van der Waals surface area contributed by atoms with Gasteiger partial charge in [-0.3, -0.25) is 9.52 Å². The first-order valence-electron chi connectivity index (χ1n) is 7.52. The molecule has 138 valence electrons. The Hall–Kier alpha value is -3.14. The molecule has 0 aliphatic carbocycles. The zero-order chi connectivity index (χ0) is 19.2. The van der Waals surface area contributed by atoms with E-state index in [1.807, 2.05) is 0 Å². The van der Waals surface area contributed by atoms with Crippen molar-refractivity contribution in [3.05, 3.63) is 48.2 Å². The maximum atomic E-state index is 12.2. The van der Waals surface area contributed by atoms with E-state index < -0.39 is 21.9 Å². The number of aryl methyl sites for hydroxylation is 1. The third kappa shape index (κ3) is 5.45. The van der Waals surface area contributed by atoms with Crippen LogP contribution in [0.3, 0.4) is 0 Å². The average molecular weight is 379 g/mol. The quantitative estimate of drug-likeness (QED) is 0.555. The molecule has 2 aromatic rings. The van der Waals surface area contributed by atoms with Crippen molar-refractivity contribution in [2.75, 3.05) is 16.6 Å². The first-order valence-corrected chi connectivity index (χ1v) is 9.00. The number of carbonyl (C=O) groups is 2. The first-order chi connectivity index (χ1) is 12.3. The summed E-state index contributed by atoms with van der Waals surface area (Å²) in [7, 11) is -3.83. The van der Waals surface area contributed by atoms with Gasteiger partial charge in [-0.05, 0) is 38.1 Å². The van der Waals surface area contributed by atoms with Crippen molar-refractivity contribution in [3.63, 3.8) is 0 Å². The minimum absolute atomic E-state index is 0.0155. The second-order valence-electron chi connectivity index (χ2n) is 5.03. The largest absolute Gasteiger partial charge is 0.463 e. The number of ether oxygens (including phenoxy) is 1. The van der Waals surface area contributed by atoms with Crippen LogP contribution in [-0.2, 0) is 24.3 Å². The molecule has 1 amide bonds. The van der Waals surface area contributed by atoms with Crippen molar-refractivity contribution in [1.82, 2.24) is 5.16 Å². The zero-order valence-corrected chi connectivity index (χ0v) is 14.9. The lowest BCUT2D eigenvalue weighted by Gasteiger charge is -2.06. The smallest absolute Gasteiger partial charge is 0.330 e. The lowest BCUT2D eigenvalue weighted by atomic mass is 10.3. The molecule has 26 heavy (non-hydrogen) atoms. The summed E-state index contributed by atoms with van der Waals surface area (Å²) < 4.78 is 36.2. The van der Waals surface area contributed by atoms with Crippen LogP contribution in [0, 0.1) is 6.92 Å². The van der Waals surface area contributed by atoms with Gasteiger partial charge in [0.25, 0.3) is 10.0 Å². The number of aromatic nitrogens is 1. The topological polar surface area (TPSA) is 128 Å². The zero-order valence-electron chi connectivity index (χ0n) is 14.1. The average Bonchev–Trinajstić information content (AvgIpc) is 2.98. The van der Waals surface area contributed by atoms with E-state index >= 15 is 0 Å². The van der Waals surface area contributed by atoms with E-state index in [4.69, 9.17) is 4.52 Å². The molecule has 1 aromatic carbocycles. The molecule has 2 N–H and O–H groups in total. The minimum atomic E-state index is -3.83. The molecule has 0 atom stereocenters. The number of hydrogen-bond donors (Lipinski definition) is 2. The van der Waals surface area contributed by atoms with Crippen molar-refractivity contribution in [1.29, 1.82) is 0 Å². The van der Waals surface area contributed by atoms with Gasteiger partial charge in [0.2, 0.25) is 5.91 Å². The number of esters is 1. The Kier molecular flexibility index (Phi) is 6.12. The molecule has 0 saturated carbocycles. The van der Waals surface area contributed by atoms with Crippen LogP contribution in [0.1, 0.15) is 12.7 Å². The van der Waals surface area contributed by atoms with Crippen molar-refractivity contribution < 1.29 is 27.3 Å². The number of hydrogen-bond acceptors (Lipinski definition) is 7. The van der Waals surface area contributed by atoms with Gasteiger partial charge in [-0.2, -0.15) is 0 Å². The summed E-state index contributed by atoms with van der Waals surface area (Å²) >= 11 is 0. The Morgan fingerprint density at radius 2 is 1.92 bits per heavy atom. The van der Waals surface area contributed by atoms with Crippen molar-refractivity contribution in [2.45, 2.75) is 18.7 Å². The first kappa shape index (κ1) is 19.2. The van der Waals surface area contributed by atoms with E-state index in [0.29, 0.717) is 11.4 Å². The van der Waals surface area contributed by atoms with Gasteiger partial charge < -0.3 is 14.6 Å². The van der Waals surface area contributed by atoms with Crippen molar-refractivity contribution in [2.24, 2.45) is 0 Å². The molecule has 0 bridgehead atoms. The van der Waals surface area contributed by atoms with Crippen LogP contribution in [0.5, 0.6) is 0 Å². The fourth-order valence-electron chi connectivity index (χ4n) is 1.85. The molecule has 0 aliphatic heterocycles. The molecule has 0 unspecified atom stereocenters. The molecule has 9 nitrogen and oxygen atoms in total. The fraction of sp³-hybridized carbons (Fsp3) is 0.188. The van der Waals surface area contributed by atoms with Crippen molar-refractivity contribution in [3.8, 4) is 0 Å². The van der Waals surface area contributed by atoms with Crippen LogP contribution in [0.2, 0.25) is 0 Å². The fourth-order valence-corrected chi connectivity index (χ4v) is 2.83. The molecular formula is C16H17N3O6S. The number of anilines is 2. The maximum Gasteiger partial charge on any atom is 0.330 e. The molecule has 0 fully saturated rings. The van der Waals surface area contributed by atoms with E-state index in [0.717, 1.165) is 12.2 Å². The van der Waals surface area contributed by atoms with Crippen LogP contribution in [0.4, 0.5) is 11.5 Å². The van der Waals surface area contributed by atoms with Crippen molar-refractivity contribution >= 4 is 33.4 Å². The highest BCUT2D eigenvalue weighted by molar-refractivity contribution is 7.92. The van der Waals surface area contributed by atoms with E-state index in [2.05, 4.69) is 19.9 Å². The number of nitrogens with zero attached hydrogens (tertiary/aromatic N) is 1. The summed E-state index contributed by atoms with van der Waals surface area (Å²) in [5, 5.41) is 6.06.